The molecule has 0 fully saturated rings. The van der Waals surface area contributed by atoms with Crippen LogP contribution in [0.15, 0.2) is 12.2 Å². The molecule has 0 bridgehead atoms. The molecule has 0 saturated carbocycles. The van der Waals surface area contributed by atoms with Crippen LogP contribution in [-0.4, -0.2) is 11.1 Å². The van der Waals surface area contributed by atoms with E-state index >= 15 is 0 Å². The zero-order valence-electron chi connectivity index (χ0n) is 14.1. The van der Waals surface area contributed by atoms with Gasteiger partial charge in [0.25, 0.3) is 0 Å². The first kappa shape index (κ1) is 23.4. The van der Waals surface area contributed by atoms with E-state index in [1.165, 1.54) is 70.6 Å². The van der Waals surface area contributed by atoms with Gasteiger partial charge in [0.1, 0.15) is 0 Å². The molecule has 0 aromatic heterocycles. The van der Waals surface area contributed by atoms with Gasteiger partial charge in [0.15, 0.2) is 0 Å². The Morgan fingerprint density at radius 1 is 0.762 bits per heavy atom. The van der Waals surface area contributed by atoms with E-state index in [9.17, 15) is 4.79 Å². The average Bonchev–Trinajstić information content (AvgIpc) is 2.43. The van der Waals surface area contributed by atoms with Crippen molar-refractivity contribution in [3.8, 4) is 0 Å². The van der Waals surface area contributed by atoms with Crippen molar-refractivity contribution in [3.63, 3.8) is 0 Å². The second kappa shape index (κ2) is 20.1. The second-order valence-corrected chi connectivity index (χ2v) is 5.73. The van der Waals surface area contributed by atoms with Gasteiger partial charge in [-0.1, -0.05) is 70.4 Å². The zero-order chi connectivity index (χ0) is 14.9. The molecule has 0 spiro atoms. The predicted molar refractivity (Wildman–Crippen MR) is 87.1 cm³/mol. The molecular formula is C18H34HgO2. The second-order valence-electron chi connectivity index (χ2n) is 5.73. The van der Waals surface area contributed by atoms with Crippen molar-refractivity contribution in [2.45, 2.75) is 96.8 Å². The minimum absolute atomic E-state index is 0. The molecule has 0 aromatic carbocycles. The number of rotatable bonds is 15. The summed E-state index contributed by atoms with van der Waals surface area (Å²) in [6.45, 7) is 2.26. The standard InChI is InChI=1S/C18H34O2.Hg/c1-2-3-4-5-6-7-8-9-10-11-12-13-14-15-16-17-18(19)20;/h9-10H,2-8,11-17H2,1H3,(H,19,20);/b10-9+;. The van der Waals surface area contributed by atoms with Gasteiger partial charge in [-0.2, -0.15) is 0 Å². The summed E-state index contributed by atoms with van der Waals surface area (Å²) in [5.74, 6) is -0.664. The summed E-state index contributed by atoms with van der Waals surface area (Å²) >= 11 is 0. The molecule has 0 aliphatic carbocycles. The van der Waals surface area contributed by atoms with Gasteiger partial charge in [-0.3, -0.25) is 4.79 Å². The van der Waals surface area contributed by atoms with Crippen LogP contribution in [0.1, 0.15) is 96.8 Å². The molecule has 0 unspecified atom stereocenters. The average molecular weight is 483 g/mol. The number of aliphatic carboxylic acids is 1. The molecule has 0 amide bonds. The molecule has 0 rings (SSSR count). The first-order valence-corrected chi connectivity index (χ1v) is 8.64. The first-order chi connectivity index (χ1) is 9.77. The van der Waals surface area contributed by atoms with Crippen molar-refractivity contribution in [1.82, 2.24) is 0 Å². The van der Waals surface area contributed by atoms with Gasteiger partial charge in [0, 0.05) is 34.1 Å². The molecule has 0 saturated heterocycles. The number of allylic oxidation sites excluding steroid dienone is 2. The molecule has 0 heterocycles. The van der Waals surface area contributed by atoms with E-state index in [2.05, 4.69) is 19.1 Å². The first-order valence-electron chi connectivity index (χ1n) is 8.64. The number of carbonyl (C=O) groups is 1. The molecule has 0 aromatic rings. The molecule has 0 radical (unpaired) electrons. The monoisotopic (exact) mass is 484 g/mol. The summed E-state index contributed by atoms with van der Waals surface area (Å²) in [6, 6.07) is 0. The summed E-state index contributed by atoms with van der Waals surface area (Å²) in [6.07, 6.45) is 21.2. The number of hydrogen-bond donors (Lipinski definition) is 1. The third kappa shape index (κ3) is 22.6. The quantitative estimate of drug-likeness (QED) is 0.174. The van der Waals surface area contributed by atoms with Gasteiger partial charge in [-0.05, 0) is 32.1 Å². The topological polar surface area (TPSA) is 37.3 Å². The summed E-state index contributed by atoms with van der Waals surface area (Å²) < 4.78 is 0. The Bertz CT molecular complexity index is 239. The number of carboxylic acid groups (broad SMARTS) is 1. The third-order valence-electron chi connectivity index (χ3n) is 3.65. The largest absolute Gasteiger partial charge is 0.481 e. The molecule has 2 nitrogen and oxygen atoms in total. The Kier molecular flexibility index (Phi) is 22.5. The van der Waals surface area contributed by atoms with E-state index in [1.54, 1.807) is 0 Å². The van der Waals surface area contributed by atoms with E-state index in [1.807, 2.05) is 0 Å². The molecule has 0 aliphatic rings. The van der Waals surface area contributed by atoms with E-state index < -0.39 is 5.97 Å². The van der Waals surface area contributed by atoms with Crippen LogP contribution in [0.25, 0.3) is 0 Å². The van der Waals surface area contributed by atoms with Crippen LogP contribution in [0.5, 0.6) is 0 Å². The van der Waals surface area contributed by atoms with Crippen LogP contribution in [0.3, 0.4) is 0 Å². The third-order valence-corrected chi connectivity index (χ3v) is 3.65. The smallest absolute Gasteiger partial charge is 0.303 e. The van der Waals surface area contributed by atoms with Gasteiger partial charge in [-0.25, -0.2) is 0 Å². The molecular weight excluding hydrogens is 449 g/mol. The molecule has 21 heavy (non-hydrogen) atoms. The van der Waals surface area contributed by atoms with Crippen molar-refractivity contribution in [3.05, 3.63) is 12.2 Å². The van der Waals surface area contributed by atoms with Crippen molar-refractivity contribution < 1.29 is 37.6 Å². The molecule has 120 valence electrons. The Morgan fingerprint density at radius 2 is 1.19 bits per heavy atom. The molecule has 0 aliphatic heterocycles. The van der Waals surface area contributed by atoms with Gasteiger partial charge in [0.05, 0.1) is 0 Å². The molecule has 0 atom stereocenters. The minimum Gasteiger partial charge on any atom is -0.481 e. The maximum atomic E-state index is 10.3. The van der Waals surface area contributed by atoms with Crippen LogP contribution in [0.2, 0.25) is 0 Å². The van der Waals surface area contributed by atoms with Gasteiger partial charge in [0.2, 0.25) is 0 Å². The van der Waals surface area contributed by atoms with Crippen LogP contribution in [0, 0.1) is 0 Å². The Morgan fingerprint density at radius 3 is 1.67 bits per heavy atom. The van der Waals surface area contributed by atoms with Crippen LogP contribution in [0.4, 0.5) is 0 Å². The molecule has 3 heteroatoms. The fraction of sp³-hybridized carbons (Fsp3) is 0.833. The van der Waals surface area contributed by atoms with E-state index in [0.29, 0.717) is 6.42 Å². The SMILES string of the molecule is CCCCCCCC/C=C/CCCCCCCC(=O)O.[Hg]. The van der Waals surface area contributed by atoms with E-state index in [-0.39, 0.29) is 27.7 Å². The zero-order valence-corrected chi connectivity index (χ0v) is 19.6. The summed E-state index contributed by atoms with van der Waals surface area (Å²) in [7, 11) is 0. The summed E-state index contributed by atoms with van der Waals surface area (Å²) in [5.41, 5.74) is 0. The minimum atomic E-state index is -0.664. The van der Waals surface area contributed by atoms with Crippen LogP contribution < -0.4 is 0 Å². The van der Waals surface area contributed by atoms with Gasteiger partial charge >= 0.3 is 5.97 Å². The van der Waals surface area contributed by atoms with Crippen molar-refractivity contribution in [2.24, 2.45) is 0 Å². The normalized spacial score (nSPS) is 10.7. The van der Waals surface area contributed by atoms with E-state index in [4.69, 9.17) is 5.11 Å². The van der Waals surface area contributed by atoms with Crippen LogP contribution in [-0.2, 0) is 32.5 Å². The summed E-state index contributed by atoms with van der Waals surface area (Å²) in [5, 5.41) is 8.51. The van der Waals surface area contributed by atoms with E-state index in [0.717, 1.165) is 12.8 Å². The van der Waals surface area contributed by atoms with Gasteiger partial charge in [-0.15, -0.1) is 0 Å². The number of unbranched alkanes of at least 4 members (excludes halogenated alkanes) is 11. The van der Waals surface area contributed by atoms with Crippen molar-refractivity contribution in [1.29, 1.82) is 0 Å². The van der Waals surface area contributed by atoms with Crippen molar-refractivity contribution in [2.75, 3.05) is 0 Å². The summed E-state index contributed by atoms with van der Waals surface area (Å²) in [4.78, 5) is 10.3. The maximum Gasteiger partial charge on any atom is 0.303 e. The molecule has 1 N–H and O–H groups in total. The maximum absolute atomic E-state index is 10.3. The number of hydrogen-bond acceptors (Lipinski definition) is 1. The van der Waals surface area contributed by atoms with Gasteiger partial charge < -0.3 is 5.11 Å². The fourth-order valence-electron chi connectivity index (χ4n) is 2.35. The Balaban J connectivity index is 0. The van der Waals surface area contributed by atoms with Crippen LogP contribution >= 0.6 is 0 Å². The predicted octanol–water partition coefficient (Wildman–Crippen LogP) is 6.11. The Labute approximate surface area is 152 Å². The van der Waals surface area contributed by atoms with Crippen molar-refractivity contribution >= 4 is 5.97 Å². The Hall–Kier alpha value is 0.145. The number of carboxylic acids is 1. The fourth-order valence-corrected chi connectivity index (χ4v) is 2.35.